The highest BCUT2D eigenvalue weighted by molar-refractivity contribution is 5.94. The van der Waals surface area contributed by atoms with Gasteiger partial charge in [0.05, 0.1) is 26.4 Å². The molecular formula is C22H30N2O4. The molecule has 0 aliphatic heterocycles. The number of methoxy groups -OCH3 is 1. The van der Waals surface area contributed by atoms with Crippen LogP contribution in [0.15, 0.2) is 42.5 Å². The molecule has 2 aromatic carbocycles. The molecule has 2 rings (SSSR count). The molecule has 0 bridgehead atoms. The topological polar surface area (TPSA) is 60.0 Å². The highest BCUT2D eigenvalue weighted by Crippen LogP contribution is 2.28. The molecule has 0 saturated heterocycles. The Morgan fingerprint density at radius 2 is 1.64 bits per heavy atom. The molecule has 1 N–H and O–H groups in total. The summed E-state index contributed by atoms with van der Waals surface area (Å²) in [5.74, 6) is 1.88. The van der Waals surface area contributed by atoms with Crippen LogP contribution in [-0.4, -0.2) is 51.8 Å². The highest BCUT2D eigenvalue weighted by atomic mass is 16.5. The van der Waals surface area contributed by atoms with Crippen molar-refractivity contribution in [2.45, 2.75) is 19.9 Å². The first kappa shape index (κ1) is 21.6. The quantitative estimate of drug-likeness (QED) is 0.677. The zero-order valence-electron chi connectivity index (χ0n) is 17.3. The van der Waals surface area contributed by atoms with Crippen molar-refractivity contribution in [3.05, 3.63) is 53.6 Å². The van der Waals surface area contributed by atoms with Crippen LogP contribution < -0.4 is 19.5 Å². The van der Waals surface area contributed by atoms with Crippen LogP contribution in [0.25, 0.3) is 0 Å². The maximum absolute atomic E-state index is 12.7. The van der Waals surface area contributed by atoms with E-state index in [-0.39, 0.29) is 11.9 Å². The minimum atomic E-state index is -0.149. The van der Waals surface area contributed by atoms with Crippen LogP contribution >= 0.6 is 0 Å². The van der Waals surface area contributed by atoms with E-state index in [4.69, 9.17) is 14.2 Å². The van der Waals surface area contributed by atoms with Crippen LogP contribution in [0.4, 0.5) is 0 Å². The molecule has 0 aliphatic rings. The van der Waals surface area contributed by atoms with Crippen molar-refractivity contribution < 1.29 is 19.0 Å². The minimum Gasteiger partial charge on any atom is -0.497 e. The Balaban J connectivity index is 2.10. The number of carbonyl (C=O) groups is 1. The molecule has 0 saturated carbocycles. The Morgan fingerprint density at radius 1 is 1.00 bits per heavy atom. The number of rotatable bonds is 10. The second-order valence-corrected chi connectivity index (χ2v) is 6.49. The molecule has 0 aliphatic carbocycles. The van der Waals surface area contributed by atoms with Gasteiger partial charge in [-0.3, -0.25) is 4.79 Å². The van der Waals surface area contributed by atoms with Crippen LogP contribution in [0, 0.1) is 0 Å². The van der Waals surface area contributed by atoms with Crippen molar-refractivity contribution in [3.63, 3.8) is 0 Å². The third kappa shape index (κ3) is 5.63. The van der Waals surface area contributed by atoms with Crippen molar-refractivity contribution in [2.75, 3.05) is 41.0 Å². The number of hydrogen-bond donors (Lipinski definition) is 1. The Bertz CT molecular complexity index is 760. The number of nitrogens with zero attached hydrogens (tertiary/aromatic N) is 1. The lowest BCUT2D eigenvalue weighted by atomic mass is 10.1. The number of likely N-dealkylation sites (N-methyl/N-ethyl adjacent to an activating group) is 1. The number of amides is 1. The maximum Gasteiger partial charge on any atom is 0.251 e. The zero-order chi connectivity index (χ0) is 20.5. The summed E-state index contributed by atoms with van der Waals surface area (Å²) in [4.78, 5) is 14.8. The average molecular weight is 386 g/mol. The third-order valence-corrected chi connectivity index (χ3v) is 4.39. The smallest absolute Gasteiger partial charge is 0.251 e. The average Bonchev–Trinajstić information content (AvgIpc) is 2.70. The summed E-state index contributed by atoms with van der Waals surface area (Å²) in [6, 6.07) is 13.2. The van der Waals surface area contributed by atoms with Gasteiger partial charge in [0.15, 0.2) is 11.5 Å². The highest BCUT2D eigenvalue weighted by Gasteiger charge is 2.17. The standard InChI is InChI=1S/C22H30N2O4/c1-6-27-20-13-10-17(14-21(20)28-7-2)22(25)23-15-19(24(3)4)16-8-11-18(26-5)12-9-16/h8-14,19H,6-7,15H2,1-5H3,(H,23,25). The fourth-order valence-electron chi connectivity index (χ4n) is 2.91. The molecule has 1 atom stereocenters. The van der Waals surface area contributed by atoms with Gasteiger partial charge in [-0.1, -0.05) is 12.1 Å². The first-order valence-electron chi connectivity index (χ1n) is 9.48. The van der Waals surface area contributed by atoms with Crippen molar-refractivity contribution in [1.29, 1.82) is 0 Å². The second kappa shape index (κ2) is 10.6. The monoisotopic (exact) mass is 386 g/mol. The first-order valence-corrected chi connectivity index (χ1v) is 9.48. The molecule has 1 unspecified atom stereocenters. The molecule has 6 nitrogen and oxygen atoms in total. The third-order valence-electron chi connectivity index (χ3n) is 4.39. The Hall–Kier alpha value is -2.73. The molecular weight excluding hydrogens is 356 g/mol. The van der Waals surface area contributed by atoms with E-state index in [0.29, 0.717) is 36.8 Å². The van der Waals surface area contributed by atoms with Crippen molar-refractivity contribution in [2.24, 2.45) is 0 Å². The lowest BCUT2D eigenvalue weighted by molar-refractivity contribution is 0.0941. The van der Waals surface area contributed by atoms with Crippen molar-refractivity contribution in [3.8, 4) is 17.2 Å². The predicted octanol–water partition coefficient (Wildman–Crippen LogP) is 3.53. The molecule has 6 heteroatoms. The number of ether oxygens (including phenoxy) is 3. The Morgan fingerprint density at radius 3 is 2.21 bits per heavy atom. The fourth-order valence-corrected chi connectivity index (χ4v) is 2.91. The Labute approximate surface area is 167 Å². The molecule has 0 aromatic heterocycles. The van der Waals surface area contributed by atoms with E-state index in [1.54, 1.807) is 25.3 Å². The van der Waals surface area contributed by atoms with Gasteiger partial charge in [-0.15, -0.1) is 0 Å². The minimum absolute atomic E-state index is 0.0453. The van der Waals surface area contributed by atoms with Gasteiger partial charge >= 0.3 is 0 Å². The lowest BCUT2D eigenvalue weighted by Crippen LogP contribution is -2.34. The van der Waals surface area contributed by atoms with Crippen LogP contribution in [0.1, 0.15) is 35.8 Å². The number of hydrogen-bond acceptors (Lipinski definition) is 5. The van der Waals surface area contributed by atoms with Gasteiger partial charge in [0.25, 0.3) is 5.91 Å². The lowest BCUT2D eigenvalue weighted by Gasteiger charge is -2.25. The molecule has 0 radical (unpaired) electrons. The van der Waals surface area contributed by atoms with E-state index in [1.807, 2.05) is 52.2 Å². The molecule has 1 amide bonds. The van der Waals surface area contributed by atoms with Gasteiger partial charge in [-0.25, -0.2) is 0 Å². The Kier molecular flexibility index (Phi) is 8.14. The zero-order valence-corrected chi connectivity index (χ0v) is 17.3. The normalized spacial score (nSPS) is 11.8. The number of carbonyl (C=O) groups excluding carboxylic acids is 1. The van der Waals surface area contributed by atoms with Gasteiger partial charge in [0.1, 0.15) is 5.75 Å². The summed E-state index contributed by atoms with van der Waals surface area (Å²) >= 11 is 0. The van der Waals surface area contributed by atoms with Crippen LogP contribution in [0.5, 0.6) is 17.2 Å². The van der Waals surface area contributed by atoms with Gasteiger partial charge in [0, 0.05) is 12.1 Å². The molecule has 28 heavy (non-hydrogen) atoms. The summed E-state index contributed by atoms with van der Waals surface area (Å²) in [7, 11) is 5.63. The van der Waals surface area contributed by atoms with Gasteiger partial charge in [-0.2, -0.15) is 0 Å². The van der Waals surface area contributed by atoms with Gasteiger partial charge in [-0.05, 0) is 63.8 Å². The largest absolute Gasteiger partial charge is 0.497 e. The SMILES string of the molecule is CCOc1ccc(C(=O)NCC(c2ccc(OC)cc2)N(C)C)cc1OCC. The fraction of sp³-hybridized carbons (Fsp3) is 0.409. The number of nitrogens with one attached hydrogen (secondary N) is 1. The van der Waals surface area contributed by atoms with Gasteiger partial charge < -0.3 is 24.4 Å². The first-order chi connectivity index (χ1) is 13.5. The number of benzene rings is 2. The molecule has 2 aromatic rings. The van der Waals surface area contributed by atoms with E-state index >= 15 is 0 Å². The second-order valence-electron chi connectivity index (χ2n) is 6.49. The molecule has 0 fully saturated rings. The van der Waals surface area contributed by atoms with E-state index in [2.05, 4.69) is 10.2 Å². The van der Waals surface area contributed by atoms with Gasteiger partial charge in [0.2, 0.25) is 0 Å². The van der Waals surface area contributed by atoms with E-state index in [9.17, 15) is 4.79 Å². The molecule has 0 heterocycles. The summed E-state index contributed by atoms with van der Waals surface area (Å²) in [6.07, 6.45) is 0. The summed E-state index contributed by atoms with van der Waals surface area (Å²) in [5.41, 5.74) is 1.65. The van der Waals surface area contributed by atoms with E-state index < -0.39 is 0 Å². The predicted molar refractivity (Wildman–Crippen MR) is 111 cm³/mol. The van der Waals surface area contributed by atoms with E-state index in [1.165, 1.54) is 0 Å². The summed E-state index contributed by atoms with van der Waals surface area (Å²) < 4.78 is 16.4. The molecule has 152 valence electrons. The summed E-state index contributed by atoms with van der Waals surface area (Å²) in [5, 5.41) is 3.02. The van der Waals surface area contributed by atoms with Crippen LogP contribution in [0.2, 0.25) is 0 Å². The van der Waals surface area contributed by atoms with Crippen LogP contribution in [0.3, 0.4) is 0 Å². The summed E-state index contributed by atoms with van der Waals surface area (Å²) in [6.45, 7) is 5.34. The van der Waals surface area contributed by atoms with E-state index in [0.717, 1.165) is 11.3 Å². The van der Waals surface area contributed by atoms with Crippen LogP contribution in [-0.2, 0) is 0 Å². The molecule has 0 spiro atoms. The van der Waals surface area contributed by atoms with Crippen molar-refractivity contribution >= 4 is 5.91 Å². The van der Waals surface area contributed by atoms with Crippen molar-refractivity contribution in [1.82, 2.24) is 10.2 Å². The maximum atomic E-state index is 12.7.